The van der Waals surface area contributed by atoms with E-state index in [1.54, 1.807) is 35.0 Å². The Kier molecular flexibility index (Phi) is 6.01. The Morgan fingerprint density at radius 3 is 2.38 bits per heavy atom. The lowest BCUT2D eigenvalue weighted by Crippen LogP contribution is -2.27. The van der Waals surface area contributed by atoms with E-state index in [-0.39, 0.29) is 11.5 Å². The standard InChI is InChI=1S/C18H22N2O4/c1-13-5-8-20(17(21)9-13)7-4-6-19-18(22)14-10-15(23-2)12-16(11-14)24-3/h5,8-12H,4,6-7H2,1-3H3,(H,19,22). The van der Waals surface area contributed by atoms with E-state index in [1.807, 2.05) is 13.0 Å². The zero-order chi connectivity index (χ0) is 17.5. The van der Waals surface area contributed by atoms with Crippen LogP contribution >= 0.6 is 0 Å². The average Bonchev–Trinajstić information content (AvgIpc) is 2.59. The van der Waals surface area contributed by atoms with Crippen LogP contribution in [0.3, 0.4) is 0 Å². The maximum atomic E-state index is 12.2. The zero-order valence-electron chi connectivity index (χ0n) is 14.2. The van der Waals surface area contributed by atoms with Gasteiger partial charge in [-0.25, -0.2) is 0 Å². The summed E-state index contributed by atoms with van der Waals surface area (Å²) >= 11 is 0. The van der Waals surface area contributed by atoms with Gasteiger partial charge in [0.2, 0.25) is 0 Å². The van der Waals surface area contributed by atoms with E-state index in [1.165, 1.54) is 14.2 Å². The number of carbonyl (C=O) groups excluding carboxylic acids is 1. The Balaban J connectivity index is 1.90. The fraction of sp³-hybridized carbons (Fsp3) is 0.333. The number of methoxy groups -OCH3 is 2. The molecule has 0 aliphatic rings. The molecule has 6 heteroatoms. The van der Waals surface area contributed by atoms with E-state index < -0.39 is 0 Å². The van der Waals surface area contributed by atoms with Crippen molar-refractivity contribution in [2.75, 3.05) is 20.8 Å². The van der Waals surface area contributed by atoms with Crippen LogP contribution in [0, 0.1) is 6.92 Å². The van der Waals surface area contributed by atoms with E-state index >= 15 is 0 Å². The molecule has 0 aliphatic heterocycles. The van der Waals surface area contributed by atoms with Crippen LogP contribution in [0.2, 0.25) is 0 Å². The number of benzene rings is 1. The zero-order valence-corrected chi connectivity index (χ0v) is 14.2. The monoisotopic (exact) mass is 330 g/mol. The van der Waals surface area contributed by atoms with Crippen LogP contribution < -0.4 is 20.3 Å². The van der Waals surface area contributed by atoms with Gasteiger partial charge >= 0.3 is 0 Å². The first kappa shape index (κ1) is 17.6. The number of rotatable bonds is 7. The van der Waals surface area contributed by atoms with Crippen LogP contribution in [0.4, 0.5) is 0 Å². The summed E-state index contributed by atoms with van der Waals surface area (Å²) in [7, 11) is 3.07. The third-order valence-electron chi connectivity index (χ3n) is 3.63. The van der Waals surface area contributed by atoms with Crippen molar-refractivity contribution in [3.63, 3.8) is 0 Å². The largest absolute Gasteiger partial charge is 0.497 e. The third kappa shape index (κ3) is 4.62. The normalized spacial score (nSPS) is 10.3. The van der Waals surface area contributed by atoms with Crippen molar-refractivity contribution >= 4 is 5.91 Å². The van der Waals surface area contributed by atoms with Crippen LogP contribution in [0.5, 0.6) is 11.5 Å². The molecular weight excluding hydrogens is 308 g/mol. The molecule has 0 radical (unpaired) electrons. The van der Waals surface area contributed by atoms with Gasteiger partial charge in [0, 0.05) is 37.0 Å². The molecule has 24 heavy (non-hydrogen) atoms. The summed E-state index contributed by atoms with van der Waals surface area (Å²) in [5.41, 5.74) is 1.38. The Morgan fingerprint density at radius 2 is 1.79 bits per heavy atom. The Bertz CT molecular complexity index is 746. The highest BCUT2D eigenvalue weighted by atomic mass is 16.5. The molecule has 1 aromatic carbocycles. The molecule has 2 aromatic rings. The maximum Gasteiger partial charge on any atom is 0.251 e. The van der Waals surface area contributed by atoms with Crippen molar-refractivity contribution in [2.24, 2.45) is 0 Å². The molecule has 0 spiro atoms. The lowest BCUT2D eigenvalue weighted by atomic mass is 10.2. The van der Waals surface area contributed by atoms with E-state index in [0.717, 1.165) is 5.56 Å². The van der Waals surface area contributed by atoms with Gasteiger partial charge in [-0.15, -0.1) is 0 Å². The number of aryl methyl sites for hydroxylation is 2. The second-order valence-corrected chi connectivity index (χ2v) is 5.45. The number of nitrogens with zero attached hydrogens (tertiary/aromatic N) is 1. The molecule has 128 valence electrons. The fourth-order valence-electron chi connectivity index (χ4n) is 2.28. The molecule has 2 rings (SSSR count). The van der Waals surface area contributed by atoms with E-state index in [4.69, 9.17) is 9.47 Å². The highest BCUT2D eigenvalue weighted by Crippen LogP contribution is 2.22. The molecule has 1 aromatic heterocycles. The number of aromatic nitrogens is 1. The number of hydrogen-bond acceptors (Lipinski definition) is 4. The minimum Gasteiger partial charge on any atom is -0.497 e. The van der Waals surface area contributed by atoms with Gasteiger partial charge in [-0.3, -0.25) is 9.59 Å². The Labute approximate surface area is 141 Å². The summed E-state index contributed by atoms with van der Waals surface area (Å²) in [6, 6.07) is 8.51. The SMILES string of the molecule is COc1cc(OC)cc(C(=O)NCCCn2ccc(C)cc2=O)c1. The molecule has 1 N–H and O–H groups in total. The van der Waals surface area contributed by atoms with Crippen LogP contribution in [-0.4, -0.2) is 31.2 Å². The number of carbonyl (C=O) groups is 1. The van der Waals surface area contributed by atoms with E-state index in [2.05, 4.69) is 5.32 Å². The molecular formula is C18H22N2O4. The van der Waals surface area contributed by atoms with Gasteiger partial charge in [0.15, 0.2) is 0 Å². The second kappa shape index (κ2) is 8.19. The van der Waals surface area contributed by atoms with Crippen molar-refractivity contribution < 1.29 is 14.3 Å². The van der Waals surface area contributed by atoms with Gasteiger partial charge in [-0.05, 0) is 37.1 Å². The number of pyridine rings is 1. The van der Waals surface area contributed by atoms with E-state index in [9.17, 15) is 9.59 Å². The van der Waals surface area contributed by atoms with Crippen molar-refractivity contribution in [3.8, 4) is 11.5 Å². The van der Waals surface area contributed by atoms with Crippen LogP contribution in [0.15, 0.2) is 41.3 Å². The van der Waals surface area contributed by atoms with Crippen LogP contribution in [0.1, 0.15) is 22.3 Å². The fourth-order valence-corrected chi connectivity index (χ4v) is 2.28. The number of amides is 1. The topological polar surface area (TPSA) is 69.6 Å². The highest BCUT2D eigenvalue weighted by Gasteiger charge is 2.09. The molecule has 0 unspecified atom stereocenters. The molecule has 0 fully saturated rings. The van der Waals surface area contributed by atoms with Gasteiger partial charge in [-0.2, -0.15) is 0 Å². The summed E-state index contributed by atoms with van der Waals surface area (Å²) in [5, 5.41) is 2.84. The first-order chi connectivity index (χ1) is 11.5. The van der Waals surface area contributed by atoms with E-state index in [0.29, 0.717) is 36.6 Å². The molecule has 0 saturated heterocycles. The lowest BCUT2D eigenvalue weighted by molar-refractivity contribution is 0.0952. The van der Waals surface area contributed by atoms with Crippen LogP contribution in [0.25, 0.3) is 0 Å². The van der Waals surface area contributed by atoms with Crippen molar-refractivity contribution in [2.45, 2.75) is 19.9 Å². The summed E-state index contributed by atoms with van der Waals surface area (Å²) in [6.45, 7) is 2.91. The molecule has 0 saturated carbocycles. The molecule has 1 amide bonds. The van der Waals surface area contributed by atoms with Gasteiger partial charge in [-0.1, -0.05) is 0 Å². The summed E-state index contributed by atoms with van der Waals surface area (Å²) in [4.78, 5) is 24.0. The maximum absolute atomic E-state index is 12.2. The molecule has 0 aliphatic carbocycles. The quantitative estimate of drug-likeness (QED) is 0.788. The first-order valence-electron chi connectivity index (χ1n) is 7.72. The first-order valence-corrected chi connectivity index (χ1v) is 7.72. The van der Waals surface area contributed by atoms with Gasteiger partial charge in [0.25, 0.3) is 11.5 Å². The molecule has 0 atom stereocenters. The summed E-state index contributed by atoms with van der Waals surface area (Å²) < 4.78 is 11.9. The molecule has 1 heterocycles. The second-order valence-electron chi connectivity index (χ2n) is 5.45. The minimum atomic E-state index is -0.205. The van der Waals surface area contributed by atoms with Crippen molar-refractivity contribution in [1.82, 2.24) is 9.88 Å². The minimum absolute atomic E-state index is 0.0288. The third-order valence-corrected chi connectivity index (χ3v) is 3.63. The van der Waals surface area contributed by atoms with Crippen molar-refractivity contribution in [1.29, 1.82) is 0 Å². The van der Waals surface area contributed by atoms with Gasteiger partial charge in [0.05, 0.1) is 14.2 Å². The van der Waals surface area contributed by atoms with Crippen LogP contribution in [-0.2, 0) is 6.54 Å². The summed E-state index contributed by atoms with van der Waals surface area (Å²) in [5.74, 6) is 0.917. The predicted octanol–water partition coefficient (Wildman–Crippen LogP) is 1.99. The lowest BCUT2D eigenvalue weighted by Gasteiger charge is -2.10. The highest BCUT2D eigenvalue weighted by molar-refractivity contribution is 5.95. The predicted molar refractivity (Wildman–Crippen MR) is 91.9 cm³/mol. The average molecular weight is 330 g/mol. The van der Waals surface area contributed by atoms with Gasteiger partial charge in [0.1, 0.15) is 11.5 Å². The van der Waals surface area contributed by atoms with Gasteiger partial charge < -0.3 is 19.4 Å². The number of hydrogen-bond donors (Lipinski definition) is 1. The van der Waals surface area contributed by atoms with Crippen molar-refractivity contribution in [3.05, 3.63) is 58.0 Å². The summed E-state index contributed by atoms with van der Waals surface area (Å²) in [6.07, 6.45) is 2.43. The number of ether oxygens (including phenoxy) is 2. The Hall–Kier alpha value is -2.76. The Morgan fingerprint density at radius 1 is 1.12 bits per heavy atom. The number of nitrogens with one attached hydrogen (secondary N) is 1. The smallest absolute Gasteiger partial charge is 0.251 e. The molecule has 6 nitrogen and oxygen atoms in total. The molecule has 0 bridgehead atoms.